The number of benzene rings is 2. The van der Waals surface area contributed by atoms with Crippen LogP contribution in [-0.4, -0.2) is 19.2 Å². The second-order valence-electron chi connectivity index (χ2n) is 6.12. The lowest BCUT2D eigenvalue weighted by atomic mass is 10.0. The van der Waals surface area contributed by atoms with Crippen LogP contribution < -0.4 is 9.47 Å². The predicted octanol–water partition coefficient (Wildman–Crippen LogP) is 7.35. The van der Waals surface area contributed by atoms with Gasteiger partial charge in [-0.1, -0.05) is 62.2 Å². The van der Waals surface area contributed by atoms with Crippen LogP contribution in [0.15, 0.2) is 48.5 Å². The number of ether oxygens (including phenoxy) is 2. The van der Waals surface area contributed by atoms with Crippen LogP contribution in [-0.2, 0) is 0 Å². The molecule has 0 fully saturated rings. The van der Waals surface area contributed by atoms with Crippen molar-refractivity contribution in [1.29, 1.82) is 0 Å². The van der Waals surface area contributed by atoms with E-state index in [1.807, 2.05) is 36.4 Å². The number of unbranched alkanes of at least 4 members (excludes halogenated alkanes) is 2. The molecule has 2 nitrogen and oxygen atoms in total. The highest BCUT2D eigenvalue weighted by atomic mass is 35.8. The Labute approximate surface area is 171 Å². The molecule has 0 amide bonds. The molecule has 26 heavy (non-hydrogen) atoms. The van der Waals surface area contributed by atoms with Gasteiger partial charge in [-0.05, 0) is 30.5 Å². The Kier molecular flexibility index (Phi) is 9.13. The zero-order valence-electron chi connectivity index (χ0n) is 15.0. The molecule has 0 atom stereocenters. The van der Waals surface area contributed by atoms with Crippen LogP contribution in [0.25, 0.3) is 11.1 Å². The predicted molar refractivity (Wildman–Crippen MR) is 115 cm³/mol. The van der Waals surface area contributed by atoms with Crippen molar-refractivity contribution in [1.82, 2.24) is 0 Å². The molecular formula is C20H25Cl3O2Si. The summed E-state index contributed by atoms with van der Waals surface area (Å²) in [5.74, 6) is 1.54. The van der Waals surface area contributed by atoms with Gasteiger partial charge in [0.2, 0.25) is 0 Å². The van der Waals surface area contributed by atoms with E-state index in [-0.39, 0.29) is 0 Å². The SMILES string of the molecule is CCCCCOc1cccc(-c2ccccc2)c1OCCC[Si](Cl)(Cl)Cl. The summed E-state index contributed by atoms with van der Waals surface area (Å²) in [6, 6.07) is 14.1. The fraction of sp³-hybridized carbons (Fsp3) is 0.400. The van der Waals surface area contributed by atoms with Crippen LogP contribution in [0, 0.1) is 0 Å². The maximum Gasteiger partial charge on any atom is 0.341 e. The third kappa shape index (κ3) is 7.40. The third-order valence-corrected chi connectivity index (χ3v) is 6.54. The lowest BCUT2D eigenvalue weighted by molar-refractivity contribution is 0.264. The Bertz CT molecular complexity index is 660. The largest absolute Gasteiger partial charge is 0.490 e. The van der Waals surface area contributed by atoms with Crippen LogP contribution in [0.2, 0.25) is 6.04 Å². The van der Waals surface area contributed by atoms with Crippen molar-refractivity contribution in [2.75, 3.05) is 13.2 Å². The summed E-state index contributed by atoms with van der Waals surface area (Å²) in [5, 5.41) is 0. The van der Waals surface area contributed by atoms with E-state index in [1.165, 1.54) is 0 Å². The summed E-state index contributed by atoms with van der Waals surface area (Å²) in [6.07, 6.45) is 4.06. The molecule has 0 spiro atoms. The normalized spacial score (nSPS) is 11.4. The molecule has 2 rings (SSSR count). The first kappa shape index (κ1) is 21.4. The van der Waals surface area contributed by atoms with Gasteiger partial charge in [-0.25, -0.2) is 0 Å². The van der Waals surface area contributed by atoms with Crippen LogP contribution in [0.1, 0.15) is 32.6 Å². The van der Waals surface area contributed by atoms with Gasteiger partial charge in [-0.3, -0.25) is 0 Å². The lowest BCUT2D eigenvalue weighted by Gasteiger charge is -2.17. The Morgan fingerprint density at radius 1 is 0.808 bits per heavy atom. The summed E-state index contributed by atoms with van der Waals surface area (Å²) in [5.41, 5.74) is 2.11. The van der Waals surface area contributed by atoms with Crippen LogP contribution >= 0.6 is 33.2 Å². The fourth-order valence-corrected chi connectivity index (χ4v) is 4.35. The van der Waals surface area contributed by atoms with E-state index in [0.717, 1.165) is 41.9 Å². The van der Waals surface area contributed by atoms with Gasteiger partial charge in [0.25, 0.3) is 0 Å². The summed E-state index contributed by atoms with van der Waals surface area (Å²) in [4.78, 5) is 0. The maximum absolute atomic E-state index is 6.10. The lowest BCUT2D eigenvalue weighted by Crippen LogP contribution is -2.11. The molecule has 0 bridgehead atoms. The highest BCUT2D eigenvalue weighted by Crippen LogP contribution is 2.38. The zero-order valence-corrected chi connectivity index (χ0v) is 18.3. The molecule has 0 aliphatic rings. The number of hydrogen-bond acceptors (Lipinski definition) is 2. The van der Waals surface area contributed by atoms with Gasteiger partial charge in [0, 0.05) is 5.56 Å². The van der Waals surface area contributed by atoms with E-state index in [4.69, 9.17) is 42.7 Å². The molecule has 0 aliphatic carbocycles. The van der Waals surface area contributed by atoms with Gasteiger partial charge in [-0.2, -0.15) is 0 Å². The van der Waals surface area contributed by atoms with E-state index < -0.39 is 6.00 Å². The van der Waals surface area contributed by atoms with E-state index in [0.29, 0.717) is 25.7 Å². The smallest absolute Gasteiger partial charge is 0.341 e. The minimum atomic E-state index is -2.61. The average molecular weight is 432 g/mol. The minimum Gasteiger partial charge on any atom is -0.490 e. The van der Waals surface area contributed by atoms with Crippen molar-refractivity contribution in [3.05, 3.63) is 48.5 Å². The second kappa shape index (κ2) is 11.1. The molecule has 2 aromatic rings. The van der Waals surface area contributed by atoms with Crippen molar-refractivity contribution in [3.8, 4) is 22.6 Å². The van der Waals surface area contributed by atoms with E-state index >= 15 is 0 Å². The summed E-state index contributed by atoms with van der Waals surface area (Å²) in [6.45, 7) is 3.36. The first-order valence-corrected chi connectivity index (χ1v) is 14.3. The fourth-order valence-electron chi connectivity index (χ4n) is 2.60. The van der Waals surface area contributed by atoms with E-state index in [1.54, 1.807) is 0 Å². The molecule has 142 valence electrons. The van der Waals surface area contributed by atoms with Crippen molar-refractivity contribution in [3.63, 3.8) is 0 Å². The molecular weight excluding hydrogens is 407 g/mol. The highest BCUT2D eigenvalue weighted by Gasteiger charge is 2.24. The van der Waals surface area contributed by atoms with Gasteiger partial charge >= 0.3 is 6.00 Å². The topological polar surface area (TPSA) is 18.5 Å². The summed E-state index contributed by atoms with van der Waals surface area (Å²) in [7, 11) is 0. The molecule has 0 unspecified atom stereocenters. The van der Waals surface area contributed by atoms with Crippen LogP contribution in [0.3, 0.4) is 0 Å². The van der Waals surface area contributed by atoms with Gasteiger partial charge in [-0.15, -0.1) is 33.2 Å². The first-order valence-electron chi connectivity index (χ1n) is 9.02. The zero-order chi connectivity index (χ0) is 18.8. The van der Waals surface area contributed by atoms with Crippen molar-refractivity contribution < 1.29 is 9.47 Å². The molecule has 0 radical (unpaired) electrons. The molecule has 2 aromatic carbocycles. The number of para-hydroxylation sites is 1. The van der Waals surface area contributed by atoms with E-state index in [2.05, 4.69) is 19.1 Å². The Hall–Kier alpha value is -0.873. The van der Waals surface area contributed by atoms with Gasteiger partial charge in [0.1, 0.15) is 0 Å². The molecule has 0 saturated carbocycles. The van der Waals surface area contributed by atoms with Crippen molar-refractivity contribution in [2.45, 2.75) is 38.7 Å². The summed E-state index contributed by atoms with van der Waals surface area (Å²) < 4.78 is 12.1. The Balaban J connectivity index is 2.15. The van der Waals surface area contributed by atoms with E-state index in [9.17, 15) is 0 Å². The number of hydrogen-bond donors (Lipinski definition) is 0. The summed E-state index contributed by atoms with van der Waals surface area (Å²) >= 11 is 17.9. The van der Waals surface area contributed by atoms with Crippen molar-refractivity contribution >= 4 is 39.2 Å². The van der Waals surface area contributed by atoms with Gasteiger partial charge in [0.05, 0.1) is 13.2 Å². The second-order valence-corrected chi connectivity index (χ2v) is 15.4. The standard InChI is InChI=1S/C20H25Cl3O2Si/c1-2-3-7-14-24-19-13-8-12-18(17-10-5-4-6-11-17)20(19)25-15-9-16-26(21,22)23/h4-6,8,10-13H,2-3,7,9,14-16H2,1H3. The molecule has 0 N–H and O–H groups in total. The average Bonchev–Trinajstić information content (AvgIpc) is 2.63. The Morgan fingerprint density at radius 3 is 2.23 bits per heavy atom. The monoisotopic (exact) mass is 430 g/mol. The molecule has 0 aliphatic heterocycles. The third-order valence-electron chi connectivity index (χ3n) is 3.92. The number of halogens is 3. The quantitative estimate of drug-likeness (QED) is 0.210. The minimum absolute atomic E-state index is 0.496. The molecule has 6 heteroatoms. The molecule has 0 saturated heterocycles. The van der Waals surface area contributed by atoms with Crippen LogP contribution in [0.4, 0.5) is 0 Å². The van der Waals surface area contributed by atoms with Gasteiger partial charge in [0.15, 0.2) is 11.5 Å². The Morgan fingerprint density at radius 2 is 1.54 bits per heavy atom. The van der Waals surface area contributed by atoms with Gasteiger partial charge < -0.3 is 9.47 Å². The highest BCUT2D eigenvalue weighted by molar-refractivity contribution is 7.64. The molecule has 0 aromatic heterocycles. The maximum atomic E-state index is 6.10. The number of rotatable bonds is 11. The first-order chi connectivity index (χ1) is 12.5. The molecule has 0 heterocycles. The van der Waals surface area contributed by atoms with Crippen LogP contribution in [0.5, 0.6) is 11.5 Å². The van der Waals surface area contributed by atoms with Crippen molar-refractivity contribution in [2.24, 2.45) is 0 Å².